The molecule has 1 aliphatic rings. The number of fused-ring (bicyclic) bond motifs is 1. The Morgan fingerprint density at radius 2 is 2.08 bits per heavy atom. The Bertz CT molecular complexity index is 1020. The van der Waals surface area contributed by atoms with Crippen LogP contribution in [0.1, 0.15) is 32.9 Å². The van der Waals surface area contributed by atoms with E-state index < -0.39 is 0 Å². The van der Waals surface area contributed by atoms with Crippen molar-refractivity contribution in [3.05, 3.63) is 76.5 Å². The van der Waals surface area contributed by atoms with Gasteiger partial charge in [0.1, 0.15) is 5.82 Å². The van der Waals surface area contributed by atoms with Crippen molar-refractivity contribution < 1.29 is 9.18 Å². The molecule has 3 heterocycles. The third-order valence-electron chi connectivity index (χ3n) is 4.64. The van der Waals surface area contributed by atoms with Crippen LogP contribution in [0.15, 0.2) is 42.6 Å². The number of amides is 1. The van der Waals surface area contributed by atoms with Crippen molar-refractivity contribution in [1.29, 1.82) is 0 Å². The topological polar surface area (TPSA) is 57.8 Å². The summed E-state index contributed by atoms with van der Waals surface area (Å²) >= 11 is 0. The van der Waals surface area contributed by atoms with Crippen LogP contribution in [0.3, 0.4) is 0 Å². The number of H-pyrrole nitrogens is 1. The lowest BCUT2D eigenvalue weighted by Gasteiger charge is -2.10. The Labute approximate surface area is 150 Å². The number of hydrogen-bond donors (Lipinski definition) is 2. The van der Waals surface area contributed by atoms with E-state index in [0.717, 1.165) is 34.6 Å². The Hall–Kier alpha value is -3.21. The van der Waals surface area contributed by atoms with Crippen molar-refractivity contribution in [2.24, 2.45) is 0 Å². The van der Waals surface area contributed by atoms with Gasteiger partial charge in [0.2, 0.25) is 0 Å². The zero-order valence-electron chi connectivity index (χ0n) is 14.3. The van der Waals surface area contributed by atoms with E-state index in [1.54, 1.807) is 19.2 Å². The molecule has 0 unspecified atom stereocenters. The molecule has 2 aromatic heterocycles. The predicted molar refractivity (Wildman–Crippen MR) is 100 cm³/mol. The molecule has 0 saturated carbocycles. The molecule has 3 aromatic rings. The Morgan fingerprint density at radius 3 is 2.92 bits per heavy atom. The summed E-state index contributed by atoms with van der Waals surface area (Å²) in [4.78, 5) is 19.6. The second-order valence-corrected chi connectivity index (χ2v) is 6.34. The molecule has 0 fully saturated rings. The predicted octanol–water partition coefficient (Wildman–Crippen LogP) is 3.98. The maximum Gasteiger partial charge on any atom is 0.253 e. The molecule has 1 aliphatic heterocycles. The highest BCUT2D eigenvalue weighted by atomic mass is 19.1. The minimum absolute atomic E-state index is 0.0375. The van der Waals surface area contributed by atoms with Gasteiger partial charge in [-0.2, -0.15) is 0 Å². The first-order chi connectivity index (χ1) is 12.6. The maximum atomic E-state index is 13.6. The van der Waals surface area contributed by atoms with Gasteiger partial charge >= 0.3 is 0 Å². The zero-order valence-corrected chi connectivity index (χ0v) is 14.3. The third-order valence-corrected chi connectivity index (χ3v) is 4.64. The zero-order chi connectivity index (χ0) is 18.1. The molecule has 4 nitrogen and oxygen atoms in total. The monoisotopic (exact) mass is 347 g/mol. The summed E-state index contributed by atoms with van der Waals surface area (Å²) in [7, 11) is 0. The number of aromatic nitrogens is 2. The van der Waals surface area contributed by atoms with Crippen molar-refractivity contribution in [3.63, 3.8) is 0 Å². The van der Waals surface area contributed by atoms with Gasteiger partial charge < -0.3 is 10.3 Å². The van der Waals surface area contributed by atoms with Crippen molar-refractivity contribution >= 4 is 18.1 Å². The summed E-state index contributed by atoms with van der Waals surface area (Å²) in [6.07, 6.45) is 6.25. The fraction of sp³-hybridized carbons (Fsp3) is 0.143. The summed E-state index contributed by atoms with van der Waals surface area (Å²) in [5, 5.41) is 2.85. The molecule has 4 rings (SSSR count). The van der Waals surface area contributed by atoms with Crippen LogP contribution in [-0.4, -0.2) is 22.4 Å². The summed E-state index contributed by atoms with van der Waals surface area (Å²) < 4.78 is 13.6. The van der Waals surface area contributed by atoms with E-state index in [2.05, 4.69) is 15.3 Å². The highest BCUT2D eigenvalue weighted by Gasteiger charge is 2.19. The number of aromatic amines is 1. The number of rotatable bonds is 3. The minimum atomic E-state index is -0.218. The molecule has 1 aromatic carbocycles. The second-order valence-electron chi connectivity index (χ2n) is 6.34. The number of nitrogens with zero attached hydrogens (tertiary/aromatic N) is 1. The lowest BCUT2D eigenvalue weighted by molar-refractivity contribution is 0.0946. The second kappa shape index (κ2) is 6.59. The third kappa shape index (κ3) is 3.04. The standard InChI is InChI=1S/C21H18FN3O/c1-13-14(3-2-4-18(13)22)5-6-16-11-15(7-9-23-16)20-12-17-19(25-20)8-10-24-21(17)26/h2-7,9,11-12,25H,8,10H2,1H3,(H,24,26)/b6-5+. The van der Waals surface area contributed by atoms with Gasteiger partial charge in [-0.3, -0.25) is 9.78 Å². The lowest BCUT2D eigenvalue weighted by atomic mass is 10.1. The van der Waals surface area contributed by atoms with Gasteiger partial charge in [0, 0.05) is 36.1 Å². The van der Waals surface area contributed by atoms with Crippen LogP contribution in [0, 0.1) is 12.7 Å². The van der Waals surface area contributed by atoms with Gasteiger partial charge in [0.25, 0.3) is 5.91 Å². The maximum absolute atomic E-state index is 13.6. The molecule has 0 atom stereocenters. The fourth-order valence-corrected chi connectivity index (χ4v) is 3.14. The molecule has 5 heteroatoms. The molecule has 0 radical (unpaired) electrons. The Kier molecular flexibility index (Phi) is 4.13. The first kappa shape index (κ1) is 16.3. The van der Waals surface area contributed by atoms with Gasteiger partial charge in [-0.25, -0.2) is 4.39 Å². The molecule has 0 saturated heterocycles. The highest BCUT2D eigenvalue weighted by molar-refractivity contribution is 5.97. The van der Waals surface area contributed by atoms with E-state index in [-0.39, 0.29) is 11.7 Å². The van der Waals surface area contributed by atoms with Crippen LogP contribution in [-0.2, 0) is 6.42 Å². The average Bonchev–Trinajstić information content (AvgIpc) is 3.09. The highest BCUT2D eigenvalue weighted by Crippen LogP contribution is 2.25. The number of hydrogen-bond acceptors (Lipinski definition) is 2. The number of carbonyl (C=O) groups excluding carboxylic acids is 1. The van der Waals surface area contributed by atoms with Crippen molar-refractivity contribution in [2.75, 3.05) is 6.54 Å². The van der Waals surface area contributed by atoms with E-state index in [4.69, 9.17) is 0 Å². The van der Waals surface area contributed by atoms with E-state index in [1.165, 1.54) is 6.07 Å². The van der Waals surface area contributed by atoms with Crippen molar-refractivity contribution in [3.8, 4) is 11.3 Å². The van der Waals surface area contributed by atoms with E-state index in [9.17, 15) is 9.18 Å². The molecule has 1 amide bonds. The summed E-state index contributed by atoms with van der Waals surface area (Å²) in [6.45, 7) is 2.41. The molecular formula is C21H18FN3O. The Morgan fingerprint density at radius 1 is 1.19 bits per heavy atom. The minimum Gasteiger partial charge on any atom is -0.358 e. The van der Waals surface area contributed by atoms with Gasteiger partial charge in [0.05, 0.1) is 11.3 Å². The summed E-state index contributed by atoms with van der Waals surface area (Å²) in [5.41, 5.74) is 5.72. The molecule has 0 bridgehead atoms. The number of carbonyl (C=O) groups is 1. The molecule has 130 valence electrons. The van der Waals surface area contributed by atoms with Gasteiger partial charge in [0.15, 0.2) is 0 Å². The lowest BCUT2D eigenvalue weighted by Crippen LogP contribution is -2.31. The summed E-state index contributed by atoms with van der Waals surface area (Å²) in [6, 6.07) is 10.7. The smallest absolute Gasteiger partial charge is 0.253 e. The number of nitrogens with one attached hydrogen (secondary N) is 2. The van der Waals surface area contributed by atoms with Crippen LogP contribution in [0.25, 0.3) is 23.4 Å². The first-order valence-corrected chi connectivity index (χ1v) is 8.51. The molecule has 0 spiro atoms. The average molecular weight is 347 g/mol. The van der Waals surface area contributed by atoms with E-state index >= 15 is 0 Å². The fourth-order valence-electron chi connectivity index (χ4n) is 3.14. The van der Waals surface area contributed by atoms with Gasteiger partial charge in [-0.1, -0.05) is 18.2 Å². The van der Waals surface area contributed by atoms with E-state index in [0.29, 0.717) is 17.7 Å². The normalized spacial score (nSPS) is 13.7. The molecular weight excluding hydrogens is 329 g/mol. The molecule has 0 aliphatic carbocycles. The van der Waals surface area contributed by atoms with Gasteiger partial charge in [-0.15, -0.1) is 0 Å². The van der Waals surface area contributed by atoms with E-state index in [1.807, 2.05) is 36.4 Å². The molecule has 2 N–H and O–H groups in total. The van der Waals surface area contributed by atoms with Gasteiger partial charge in [-0.05, 0) is 48.4 Å². The number of halogens is 1. The number of benzene rings is 1. The van der Waals surface area contributed by atoms with Crippen LogP contribution < -0.4 is 5.32 Å². The SMILES string of the molecule is Cc1c(F)cccc1/C=C/c1cc(-c2cc3c([nH]2)CCNC3=O)ccn1. The quantitative estimate of drug-likeness (QED) is 0.753. The number of pyridine rings is 1. The summed E-state index contributed by atoms with van der Waals surface area (Å²) in [5.74, 6) is -0.256. The molecule has 26 heavy (non-hydrogen) atoms. The van der Waals surface area contributed by atoms with Crippen molar-refractivity contribution in [1.82, 2.24) is 15.3 Å². The van der Waals surface area contributed by atoms with Crippen LogP contribution in [0.2, 0.25) is 0 Å². The largest absolute Gasteiger partial charge is 0.358 e. The Balaban J connectivity index is 1.64. The first-order valence-electron chi connectivity index (χ1n) is 8.51. The van der Waals surface area contributed by atoms with Crippen LogP contribution in [0.4, 0.5) is 4.39 Å². The van der Waals surface area contributed by atoms with Crippen LogP contribution >= 0.6 is 0 Å². The van der Waals surface area contributed by atoms with Crippen molar-refractivity contribution in [2.45, 2.75) is 13.3 Å². The van der Waals surface area contributed by atoms with Crippen LogP contribution in [0.5, 0.6) is 0 Å².